The Morgan fingerprint density at radius 1 is 1.69 bits per heavy atom. The molecule has 0 fully saturated rings. The Morgan fingerprint density at radius 2 is 2.38 bits per heavy atom. The van der Waals surface area contributed by atoms with Gasteiger partial charge in [0.1, 0.15) is 5.56 Å². The van der Waals surface area contributed by atoms with Crippen molar-refractivity contribution in [3.05, 3.63) is 23.5 Å². The molecule has 13 heavy (non-hydrogen) atoms. The summed E-state index contributed by atoms with van der Waals surface area (Å²) >= 11 is 0. The Bertz CT molecular complexity index is 303. The summed E-state index contributed by atoms with van der Waals surface area (Å²) in [6.07, 6.45) is 1.56. The fourth-order valence-electron chi connectivity index (χ4n) is 1.05. The zero-order valence-electron chi connectivity index (χ0n) is 7.70. The van der Waals surface area contributed by atoms with Crippen molar-refractivity contribution in [1.29, 1.82) is 0 Å². The number of nitrogens with two attached hydrogens (primary N) is 1. The first-order chi connectivity index (χ1) is 6.16. The van der Waals surface area contributed by atoms with Gasteiger partial charge >= 0.3 is 5.97 Å². The lowest BCUT2D eigenvalue weighted by atomic mass is 10.2. The highest BCUT2D eigenvalue weighted by Gasteiger charge is 2.13. The maximum Gasteiger partial charge on any atom is 0.342 e. The number of rotatable bonds is 2. The number of aromatic nitrogens is 1. The average molecular weight is 180 g/mol. The Labute approximate surface area is 76.7 Å². The van der Waals surface area contributed by atoms with Crippen molar-refractivity contribution in [3.8, 4) is 0 Å². The molecule has 0 radical (unpaired) electrons. The van der Waals surface area contributed by atoms with Crippen LogP contribution in [0.5, 0.6) is 0 Å². The number of pyridine rings is 1. The molecular formula is C9H12N2O2. The van der Waals surface area contributed by atoms with Crippen molar-refractivity contribution in [2.45, 2.75) is 13.8 Å². The zero-order chi connectivity index (χ0) is 9.84. The Hall–Kier alpha value is -1.58. The minimum absolute atomic E-state index is 0.340. The van der Waals surface area contributed by atoms with Crippen LogP contribution in [0, 0.1) is 6.92 Å². The number of aryl methyl sites for hydroxylation is 1. The summed E-state index contributed by atoms with van der Waals surface area (Å²) in [5, 5.41) is 0. The van der Waals surface area contributed by atoms with Gasteiger partial charge in [0.05, 0.1) is 12.3 Å². The van der Waals surface area contributed by atoms with Gasteiger partial charge in [0, 0.05) is 11.9 Å². The van der Waals surface area contributed by atoms with E-state index < -0.39 is 5.97 Å². The van der Waals surface area contributed by atoms with E-state index in [1.54, 1.807) is 26.1 Å². The van der Waals surface area contributed by atoms with Gasteiger partial charge in [0.15, 0.2) is 0 Å². The van der Waals surface area contributed by atoms with E-state index in [0.29, 0.717) is 23.6 Å². The highest BCUT2D eigenvalue weighted by molar-refractivity contribution is 5.96. The molecule has 1 rings (SSSR count). The van der Waals surface area contributed by atoms with Gasteiger partial charge < -0.3 is 10.5 Å². The van der Waals surface area contributed by atoms with Crippen molar-refractivity contribution in [3.63, 3.8) is 0 Å². The van der Waals surface area contributed by atoms with Crippen molar-refractivity contribution in [2.24, 2.45) is 0 Å². The number of nitrogens with zero attached hydrogens (tertiary/aromatic N) is 1. The summed E-state index contributed by atoms with van der Waals surface area (Å²) in [4.78, 5) is 15.3. The van der Waals surface area contributed by atoms with E-state index in [0.717, 1.165) is 0 Å². The molecule has 0 saturated heterocycles. The van der Waals surface area contributed by atoms with Crippen LogP contribution in [-0.4, -0.2) is 17.6 Å². The molecule has 0 amide bonds. The van der Waals surface area contributed by atoms with Crippen LogP contribution in [0.15, 0.2) is 12.3 Å². The lowest BCUT2D eigenvalue weighted by Gasteiger charge is -2.06. The molecule has 0 spiro atoms. The molecular weight excluding hydrogens is 168 g/mol. The summed E-state index contributed by atoms with van der Waals surface area (Å²) in [5.74, 6) is -0.411. The van der Waals surface area contributed by atoms with Crippen molar-refractivity contribution >= 4 is 11.7 Å². The lowest BCUT2D eigenvalue weighted by Crippen LogP contribution is -2.10. The smallest absolute Gasteiger partial charge is 0.342 e. The van der Waals surface area contributed by atoms with E-state index in [-0.39, 0.29) is 0 Å². The molecule has 0 bridgehead atoms. The second kappa shape index (κ2) is 3.89. The first-order valence-corrected chi connectivity index (χ1v) is 4.05. The van der Waals surface area contributed by atoms with E-state index in [1.165, 1.54) is 0 Å². The van der Waals surface area contributed by atoms with Gasteiger partial charge in [-0.05, 0) is 19.9 Å². The van der Waals surface area contributed by atoms with Crippen molar-refractivity contribution in [2.75, 3.05) is 12.3 Å². The molecule has 4 nitrogen and oxygen atoms in total. The minimum Gasteiger partial charge on any atom is -0.462 e. The normalized spacial score (nSPS) is 9.69. The van der Waals surface area contributed by atoms with Gasteiger partial charge in [0.2, 0.25) is 0 Å². The van der Waals surface area contributed by atoms with Crippen LogP contribution < -0.4 is 5.73 Å². The van der Waals surface area contributed by atoms with E-state index in [2.05, 4.69) is 4.98 Å². The zero-order valence-corrected chi connectivity index (χ0v) is 7.70. The molecule has 0 aliphatic rings. The van der Waals surface area contributed by atoms with Gasteiger partial charge in [0.25, 0.3) is 0 Å². The SMILES string of the molecule is CCOC(=O)c1c(N)ccnc1C. The van der Waals surface area contributed by atoms with Crippen molar-refractivity contribution < 1.29 is 9.53 Å². The first kappa shape index (κ1) is 9.51. The number of carbonyl (C=O) groups excluding carboxylic acids is 1. The van der Waals surface area contributed by atoms with Crippen LogP contribution in [0.3, 0.4) is 0 Å². The highest BCUT2D eigenvalue weighted by Crippen LogP contribution is 2.14. The number of hydrogen-bond donors (Lipinski definition) is 1. The maximum atomic E-state index is 11.3. The third-order valence-electron chi connectivity index (χ3n) is 1.65. The number of carbonyl (C=O) groups is 1. The summed E-state index contributed by atoms with van der Waals surface area (Å²) in [6.45, 7) is 3.81. The molecule has 4 heteroatoms. The topological polar surface area (TPSA) is 65.2 Å². The lowest BCUT2D eigenvalue weighted by molar-refractivity contribution is 0.0526. The Morgan fingerprint density at radius 3 is 2.92 bits per heavy atom. The number of hydrogen-bond acceptors (Lipinski definition) is 4. The van der Waals surface area contributed by atoms with Crippen LogP contribution in [0.25, 0.3) is 0 Å². The molecule has 0 aromatic carbocycles. The maximum absolute atomic E-state index is 11.3. The van der Waals surface area contributed by atoms with Crippen LogP contribution in [0.2, 0.25) is 0 Å². The molecule has 1 aromatic rings. The number of ether oxygens (including phenoxy) is 1. The van der Waals surface area contributed by atoms with E-state index >= 15 is 0 Å². The molecule has 0 unspecified atom stereocenters. The van der Waals surface area contributed by atoms with Gasteiger partial charge in [-0.25, -0.2) is 4.79 Å². The third-order valence-corrected chi connectivity index (χ3v) is 1.65. The number of anilines is 1. The first-order valence-electron chi connectivity index (χ1n) is 4.05. The molecule has 0 saturated carbocycles. The largest absolute Gasteiger partial charge is 0.462 e. The summed E-state index contributed by atoms with van der Waals surface area (Å²) < 4.78 is 4.83. The minimum atomic E-state index is -0.411. The van der Waals surface area contributed by atoms with Gasteiger partial charge in [-0.3, -0.25) is 4.98 Å². The van der Waals surface area contributed by atoms with Crippen LogP contribution in [-0.2, 0) is 4.74 Å². The summed E-state index contributed by atoms with van der Waals surface area (Å²) in [6, 6.07) is 1.58. The molecule has 2 N–H and O–H groups in total. The van der Waals surface area contributed by atoms with E-state index in [9.17, 15) is 4.79 Å². The second-order valence-electron chi connectivity index (χ2n) is 2.58. The molecule has 0 aliphatic heterocycles. The Kier molecular flexibility index (Phi) is 2.84. The molecule has 1 heterocycles. The van der Waals surface area contributed by atoms with Gasteiger partial charge in [-0.1, -0.05) is 0 Å². The Balaban J connectivity index is 3.05. The van der Waals surface area contributed by atoms with E-state index in [4.69, 9.17) is 10.5 Å². The van der Waals surface area contributed by atoms with Gasteiger partial charge in [-0.15, -0.1) is 0 Å². The predicted octanol–water partition coefficient (Wildman–Crippen LogP) is 1.15. The van der Waals surface area contributed by atoms with Crippen LogP contribution in [0.1, 0.15) is 23.0 Å². The average Bonchev–Trinajstić information content (AvgIpc) is 2.04. The summed E-state index contributed by atoms with van der Waals surface area (Å²) in [5.41, 5.74) is 6.98. The van der Waals surface area contributed by atoms with E-state index in [1.807, 2.05) is 0 Å². The number of nitrogen functional groups attached to an aromatic ring is 1. The second-order valence-corrected chi connectivity index (χ2v) is 2.58. The van der Waals surface area contributed by atoms with Crippen LogP contribution >= 0.6 is 0 Å². The predicted molar refractivity (Wildman–Crippen MR) is 49.3 cm³/mol. The van der Waals surface area contributed by atoms with Gasteiger partial charge in [-0.2, -0.15) is 0 Å². The molecule has 70 valence electrons. The fraction of sp³-hybridized carbons (Fsp3) is 0.333. The standard InChI is InChI=1S/C9H12N2O2/c1-3-13-9(12)8-6(2)11-5-4-7(8)10/h4-5H,3H2,1-2H3,(H2,10,11). The summed E-state index contributed by atoms with van der Waals surface area (Å²) in [7, 11) is 0. The quantitative estimate of drug-likeness (QED) is 0.693. The monoisotopic (exact) mass is 180 g/mol. The molecule has 0 aliphatic carbocycles. The van der Waals surface area contributed by atoms with Crippen LogP contribution in [0.4, 0.5) is 5.69 Å². The number of esters is 1. The van der Waals surface area contributed by atoms with Crippen molar-refractivity contribution in [1.82, 2.24) is 4.98 Å². The highest BCUT2D eigenvalue weighted by atomic mass is 16.5. The molecule has 1 aromatic heterocycles. The third kappa shape index (κ3) is 1.96. The molecule has 0 atom stereocenters. The fourth-order valence-corrected chi connectivity index (χ4v) is 1.05.